The molecule has 0 fully saturated rings. The fourth-order valence-corrected chi connectivity index (χ4v) is 3.82. The fourth-order valence-electron chi connectivity index (χ4n) is 2.76. The van der Waals surface area contributed by atoms with Gasteiger partial charge in [0.1, 0.15) is 10.8 Å². The highest BCUT2D eigenvalue weighted by Gasteiger charge is 2.48. The van der Waals surface area contributed by atoms with E-state index in [1.54, 1.807) is 17.5 Å². The van der Waals surface area contributed by atoms with Gasteiger partial charge in [-0.05, 0) is 11.4 Å². The van der Waals surface area contributed by atoms with Gasteiger partial charge in [0.15, 0.2) is 11.7 Å². The molecule has 142 valence electrons. The second-order valence-electron chi connectivity index (χ2n) is 5.71. The summed E-state index contributed by atoms with van der Waals surface area (Å²) in [5, 5.41) is 11.0. The molecule has 1 aliphatic rings. The number of hydrogen-bond donors (Lipinski definition) is 2. The van der Waals surface area contributed by atoms with Gasteiger partial charge in [-0.25, -0.2) is 4.68 Å². The average Bonchev–Trinajstić information content (AvgIpc) is 3.22. The summed E-state index contributed by atoms with van der Waals surface area (Å²) in [7, 11) is 1.47. The van der Waals surface area contributed by atoms with Crippen LogP contribution in [-0.4, -0.2) is 42.1 Å². The van der Waals surface area contributed by atoms with E-state index in [-0.39, 0.29) is 36.1 Å². The Kier molecular flexibility index (Phi) is 5.44. The first-order valence-corrected chi connectivity index (χ1v) is 9.00. The van der Waals surface area contributed by atoms with Crippen LogP contribution in [0, 0.1) is 0 Å². The van der Waals surface area contributed by atoms with Crippen molar-refractivity contribution in [2.75, 3.05) is 25.6 Å². The number of rotatable bonds is 5. The van der Waals surface area contributed by atoms with Crippen molar-refractivity contribution in [3.63, 3.8) is 0 Å². The summed E-state index contributed by atoms with van der Waals surface area (Å²) in [5.41, 5.74) is -0.244. The zero-order valence-electron chi connectivity index (χ0n) is 13.6. The number of fused-ring (bicyclic) bond motifs is 1. The molecule has 2 aromatic heterocycles. The molecule has 6 nitrogen and oxygen atoms in total. The monoisotopic (exact) mass is 408 g/mol. The van der Waals surface area contributed by atoms with Gasteiger partial charge in [-0.3, -0.25) is 4.79 Å². The minimum Gasteiger partial charge on any atom is -0.383 e. The molecule has 11 heteroatoms. The number of carbonyl (C=O) groups excluding carboxylic acids is 1. The number of alkyl halides is 3. The van der Waals surface area contributed by atoms with Crippen molar-refractivity contribution in [2.24, 2.45) is 0 Å². The van der Waals surface area contributed by atoms with Crippen LogP contribution in [0.5, 0.6) is 0 Å². The van der Waals surface area contributed by atoms with E-state index in [9.17, 15) is 18.0 Å². The second kappa shape index (κ2) is 7.45. The van der Waals surface area contributed by atoms with Crippen LogP contribution in [0.3, 0.4) is 0 Å². The van der Waals surface area contributed by atoms with Gasteiger partial charge in [0.05, 0.1) is 12.6 Å². The van der Waals surface area contributed by atoms with Gasteiger partial charge in [0.2, 0.25) is 0 Å². The Morgan fingerprint density at radius 2 is 2.35 bits per heavy atom. The molecular formula is C15H16ClF3N4O2S. The number of ether oxygens (including phenoxy) is 1. The molecule has 3 rings (SSSR count). The number of amides is 1. The molecule has 1 aliphatic heterocycles. The number of nitrogens with one attached hydrogen (secondary N) is 2. The van der Waals surface area contributed by atoms with Crippen molar-refractivity contribution in [2.45, 2.75) is 24.7 Å². The van der Waals surface area contributed by atoms with Crippen molar-refractivity contribution in [1.82, 2.24) is 15.1 Å². The summed E-state index contributed by atoms with van der Waals surface area (Å²) in [5.74, 6) is -0.653. The van der Waals surface area contributed by atoms with E-state index in [0.29, 0.717) is 0 Å². The highest BCUT2D eigenvalue weighted by molar-refractivity contribution is 7.10. The number of thiophene rings is 1. The number of hydrogen-bond acceptors (Lipinski definition) is 5. The Balaban J connectivity index is 1.95. The van der Waals surface area contributed by atoms with Crippen molar-refractivity contribution < 1.29 is 22.7 Å². The standard InChI is InChI=1S/C15H16ClF3N4O2S/c1-25-5-4-20-14(24)12-11(16)13-21-8(9-3-2-6-26-9)7-10(15(17,18)19)23(13)22-12/h2-3,6,8,10,21H,4-5,7H2,1H3,(H,20,24)/t8-,10-/m1/s1. The van der Waals surface area contributed by atoms with Gasteiger partial charge in [-0.2, -0.15) is 18.3 Å². The third kappa shape index (κ3) is 3.67. The van der Waals surface area contributed by atoms with Crippen LogP contribution in [0.2, 0.25) is 5.02 Å². The minimum absolute atomic E-state index is 0.00414. The van der Waals surface area contributed by atoms with Crippen LogP contribution < -0.4 is 10.6 Å². The lowest BCUT2D eigenvalue weighted by atomic mass is 10.0. The highest BCUT2D eigenvalue weighted by atomic mass is 35.5. The number of halogens is 4. The van der Waals surface area contributed by atoms with Crippen LogP contribution >= 0.6 is 22.9 Å². The Labute approximate surface area is 156 Å². The molecule has 0 radical (unpaired) electrons. The summed E-state index contributed by atoms with van der Waals surface area (Å²) in [6, 6.07) is 1.09. The Hall–Kier alpha value is -1.78. The molecule has 2 atom stereocenters. The van der Waals surface area contributed by atoms with Gasteiger partial charge >= 0.3 is 6.18 Å². The molecular weight excluding hydrogens is 393 g/mol. The predicted molar refractivity (Wildman–Crippen MR) is 91.8 cm³/mol. The first kappa shape index (κ1) is 19.0. The third-order valence-electron chi connectivity index (χ3n) is 3.99. The molecule has 2 aromatic rings. The van der Waals surface area contributed by atoms with E-state index in [4.69, 9.17) is 16.3 Å². The highest BCUT2D eigenvalue weighted by Crippen LogP contribution is 2.46. The van der Waals surface area contributed by atoms with E-state index in [1.807, 2.05) is 0 Å². The molecule has 0 aromatic carbocycles. The number of anilines is 1. The molecule has 0 saturated carbocycles. The van der Waals surface area contributed by atoms with Crippen molar-refractivity contribution in [3.05, 3.63) is 33.1 Å². The third-order valence-corrected chi connectivity index (χ3v) is 5.33. The fraction of sp³-hybridized carbons (Fsp3) is 0.467. The molecule has 0 spiro atoms. The van der Waals surface area contributed by atoms with Gasteiger partial charge in [0.25, 0.3) is 5.91 Å². The summed E-state index contributed by atoms with van der Waals surface area (Å²) >= 11 is 7.54. The van der Waals surface area contributed by atoms with Crippen LogP contribution in [0.25, 0.3) is 0 Å². The molecule has 0 aliphatic carbocycles. The normalized spacial score (nSPS) is 19.7. The van der Waals surface area contributed by atoms with Gasteiger partial charge in [-0.1, -0.05) is 17.7 Å². The lowest BCUT2D eigenvalue weighted by molar-refractivity contribution is -0.173. The quantitative estimate of drug-likeness (QED) is 0.741. The van der Waals surface area contributed by atoms with Crippen molar-refractivity contribution in [1.29, 1.82) is 0 Å². The molecule has 0 bridgehead atoms. The molecule has 2 N–H and O–H groups in total. The first-order valence-electron chi connectivity index (χ1n) is 7.74. The summed E-state index contributed by atoms with van der Waals surface area (Å²) in [6.45, 7) is 0.461. The number of nitrogens with zero attached hydrogens (tertiary/aromatic N) is 2. The van der Waals surface area contributed by atoms with E-state index in [1.165, 1.54) is 18.4 Å². The predicted octanol–water partition coefficient (Wildman–Crippen LogP) is 3.63. The molecule has 0 saturated heterocycles. The molecule has 1 amide bonds. The molecule has 26 heavy (non-hydrogen) atoms. The number of methoxy groups -OCH3 is 1. The smallest absolute Gasteiger partial charge is 0.383 e. The number of aromatic nitrogens is 2. The van der Waals surface area contributed by atoms with Gasteiger partial charge < -0.3 is 15.4 Å². The van der Waals surface area contributed by atoms with Crippen LogP contribution in [0.15, 0.2) is 17.5 Å². The topological polar surface area (TPSA) is 68.2 Å². The van der Waals surface area contributed by atoms with Crippen LogP contribution in [-0.2, 0) is 4.74 Å². The van der Waals surface area contributed by atoms with Crippen LogP contribution in [0.1, 0.15) is 33.9 Å². The minimum atomic E-state index is -4.52. The molecule has 0 unspecified atom stereocenters. The summed E-state index contributed by atoms with van der Waals surface area (Å²) in [6.07, 6.45) is -4.76. The zero-order chi connectivity index (χ0) is 18.9. The van der Waals surface area contributed by atoms with E-state index >= 15 is 0 Å². The lowest BCUT2D eigenvalue weighted by Crippen LogP contribution is -2.35. The van der Waals surface area contributed by atoms with Crippen molar-refractivity contribution >= 4 is 34.7 Å². The van der Waals surface area contributed by atoms with E-state index < -0.39 is 24.2 Å². The average molecular weight is 409 g/mol. The van der Waals surface area contributed by atoms with Crippen molar-refractivity contribution in [3.8, 4) is 0 Å². The summed E-state index contributed by atoms with van der Waals surface area (Å²) in [4.78, 5) is 12.9. The van der Waals surface area contributed by atoms with E-state index in [2.05, 4.69) is 15.7 Å². The number of carbonyl (C=O) groups is 1. The van der Waals surface area contributed by atoms with E-state index in [0.717, 1.165) is 9.56 Å². The lowest BCUT2D eigenvalue weighted by Gasteiger charge is -2.32. The summed E-state index contributed by atoms with van der Waals surface area (Å²) < 4.78 is 46.3. The Morgan fingerprint density at radius 3 is 2.96 bits per heavy atom. The van der Waals surface area contributed by atoms with Gasteiger partial charge in [0, 0.05) is 25.0 Å². The maximum absolute atomic E-state index is 13.6. The molecule has 3 heterocycles. The Morgan fingerprint density at radius 1 is 1.58 bits per heavy atom. The second-order valence-corrected chi connectivity index (χ2v) is 7.07. The Bertz CT molecular complexity index is 779. The zero-order valence-corrected chi connectivity index (χ0v) is 15.2. The maximum Gasteiger partial charge on any atom is 0.410 e. The maximum atomic E-state index is 13.6. The SMILES string of the molecule is COCCNC(=O)c1nn2c(c1Cl)N[C@@H](c1cccs1)C[C@@H]2C(F)(F)F. The van der Waals surface area contributed by atoms with Crippen LogP contribution in [0.4, 0.5) is 19.0 Å². The largest absolute Gasteiger partial charge is 0.410 e. The van der Waals surface area contributed by atoms with Gasteiger partial charge in [-0.15, -0.1) is 11.3 Å². The first-order chi connectivity index (χ1) is 12.3.